The van der Waals surface area contributed by atoms with E-state index in [1.165, 1.54) is 0 Å². The summed E-state index contributed by atoms with van der Waals surface area (Å²) < 4.78 is 26.5. The van der Waals surface area contributed by atoms with E-state index >= 15 is 0 Å². The molecule has 1 aromatic rings. The number of aliphatic hydroxyl groups is 1. The molecule has 1 aromatic carbocycles. The van der Waals surface area contributed by atoms with Crippen molar-refractivity contribution in [1.82, 2.24) is 4.72 Å². The molecule has 1 aliphatic carbocycles. The van der Waals surface area contributed by atoms with Gasteiger partial charge in [-0.1, -0.05) is 29.8 Å². The number of benzene rings is 1. The summed E-state index contributed by atoms with van der Waals surface area (Å²) in [5.74, 6) is 0. The molecular weight excluding hydrogens is 238 g/mol. The first-order valence-corrected chi connectivity index (χ1v) is 6.91. The molecule has 2 atom stereocenters. The van der Waals surface area contributed by atoms with Crippen LogP contribution in [0.4, 0.5) is 0 Å². The largest absolute Gasteiger partial charge is 0.389 e. The molecule has 0 fully saturated rings. The molecule has 0 saturated heterocycles. The molecule has 0 radical (unpaired) electrons. The van der Waals surface area contributed by atoms with Crippen LogP contribution >= 0.6 is 0 Å². The molecule has 4 nitrogen and oxygen atoms in total. The first-order chi connectivity index (χ1) is 7.97. The Morgan fingerprint density at radius 2 is 1.88 bits per heavy atom. The summed E-state index contributed by atoms with van der Waals surface area (Å²) in [7, 11) is -3.50. The summed E-state index contributed by atoms with van der Waals surface area (Å²) >= 11 is 0. The van der Waals surface area contributed by atoms with E-state index in [1.54, 1.807) is 36.4 Å². The minimum Gasteiger partial charge on any atom is -0.389 e. The molecule has 5 heteroatoms. The summed E-state index contributed by atoms with van der Waals surface area (Å²) in [6.45, 7) is 1.90. The van der Waals surface area contributed by atoms with Gasteiger partial charge in [0, 0.05) is 6.04 Å². The molecule has 0 bridgehead atoms. The maximum atomic E-state index is 12.0. The lowest BCUT2D eigenvalue weighted by atomic mass is 10.2. The lowest BCUT2D eigenvalue weighted by Gasteiger charge is -2.12. The van der Waals surface area contributed by atoms with Crippen LogP contribution in [0, 0.1) is 6.92 Å². The van der Waals surface area contributed by atoms with Gasteiger partial charge in [0.1, 0.15) is 0 Å². The highest BCUT2D eigenvalue weighted by Gasteiger charge is 2.23. The predicted molar refractivity (Wildman–Crippen MR) is 65.1 cm³/mol. The van der Waals surface area contributed by atoms with Gasteiger partial charge in [0.15, 0.2) is 0 Å². The lowest BCUT2D eigenvalue weighted by molar-refractivity contribution is 0.217. The van der Waals surface area contributed by atoms with Gasteiger partial charge >= 0.3 is 0 Å². The van der Waals surface area contributed by atoms with Gasteiger partial charge in [-0.3, -0.25) is 0 Å². The molecule has 0 aliphatic heterocycles. The van der Waals surface area contributed by atoms with Gasteiger partial charge in [-0.05, 0) is 25.5 Å². The van der Waals surface area contributed by atoms with E-state index in [2.05, 4.69) is 4.72 Å². The van der Waals surface area contributed by atoms with E-state index in [1.807, 2.05) is 6.92 Å². The van der Waals surface area contributed by atoms with Crippen LogP contribution in [0.15, 0.2) is 41.3 Å². The van der Waals surface area contributed by atoms with Crippen molar-refractivity contribution in [3.63, 3.8) is 0 Å². The minimum atomic E-state index is -3.50. The van der Waals surface area contributed by atoms with Crippen LogP contribution in [0.25, 0.3) is 0 Å². The molecule has 0 unspecified atom stereocenters. The van der Waals surface area contributed by atoms with Crippen LogP contribution in [-0.2, 0) is 10.0 Å². The van der Waals surface area contributed by atoms with Crippen LogP contribution in [0.5, 0.6) is 0 Å². The highest BCUT2D eigenvalue weighted by molar-refractivity contribution is 7.89. The number of rotatable bonds is 3. The van der Waals surface area contributed by atoms with Crippen molar-refractivity contribution in [2.75, 3.05) is 0 Å². The summed E-state index contributed by atoms with van der Waals surface area (Å²) in [5.41, 5.74) is 1.01. The van der Waals surface area contributed by atoms with Crippen molar-refractivity contribution in [1.29, 1.82) is 0 Å². The second kappa shape index (κ2) is 4.60. The standard InChI is InChI=1S/C12H15NO3S/c1-9-2-6-12(7-3-9)17(15,16)13-10-4-5-11(14)8-10/h2-7,10-11,13-14H,8H2,1H3/t10-,11-/m1/s1. The molecule has 2 rings (SSSR count). The lowest BCUT2D eigenvalue weighted by Crippen LogP contribution is -2.33. The second-order valence-corrected chi connectivity index (χ2v) is 5.94. The molecular formula is C12H15NO3S. The Hall–Kier alpha value is -1.17. The van der Waals surface area contributed by atoms with E-state index in [9.17, 15) is 13.5 Å². The molecule has 0 saturated carbocycles. The van der Waals surface area contributed by atoms with Gasteiger partial charge in [0.2, 0.25) is 10.0 Å². The zero-order valence-corrected chi connectivity index (χ0v) is 10.3. The Bertz CT molecular complexity index is 519. The molecule has 92 valence electrons. The normalized spacial score (nSPS) is 24.1. The Balaban J connectivity index is 2.14. The maximum Gasteiger partial charge on any atom is 0.241 e. The number of hydrogen-bond donors (Lipinski definition) is 2. The fourth-order valence-electron chi connectivity index (χ4n) is 1.75. The monoisotopic (exact) mass is 253 g/mol. The molecule has 0 spiro atoms. The van der Waals surface area contributed by atoms with Crippen LogP contribution in [0.1, 0.15) is 12.0 Å². The Morgan fingerprint density at radius 1 is 1.24 bits per heavy atom. The van der Waals surface area contributed by atoms with Crippen LogP contribution in [0.3, 0.4) is 0 Å². The third-order valence-corrected chi connectivity index (χ3v) is 4.20. The number of aryl methyl sites for hydroxylation is 1. The van der Waals surface area contributed by atoms with Gasteiger partial charge < -0.3 is 5.11 Å². The van der Waals surface area contributed by atoms with Crippen LogP contribution < -0.4 is 4.72 Å². The van der Waals surface area contributed by atoms with Gasteiger partial charge in [-0.2, -0.15) is 0 Å². The first-order valence-electron chi connectivity index (χ1n) is 5.43. The van der Waals surface area contributed by atoms with Crippen molar-refractivity contribution >= 4 is 10.0 Å². The average molecular weight is 253 g/mol. The summed E-state index contributed by atoms with van der Waals surface area (Å²) in [5, 5.41) is 9.28. The van der Waals surface area contributed by atoms with Crippen molar-refractivity contribution in [2.24, 2.45) is 0 Å². The van der Waals surface area contributed by atoms with Gasteiger partial charge in [-0.25, -0.2) is 13.1 Å². The molecule has 0 aromatic heterocycles. The van der Waals surface area contributed by atoms with Gasteiger partial charge in [-0.15, -0.1) is 0 Å². The predicted octanol–water partition coefficient (Wildman–Crippen LogP) is 0.963. The fraction of sp³-hybridized carbons (Fsp3) is 0.333. The Morgan fingerprint density at radius 3 is 2.41 bits per heavy atom. The molecule has 0 heterocycles. The van der Waals surface area contributed by atoms with E-state index in [0.717, 1.165) is 5.56 Å². The van der Waals surface area contributed by atoms with Crippen molar-refractivity contribution in [3.05, 3.63) is 42.0 Å². The van der Waals surface area contributed by atoms with E-state index in [4.69, 9.17) is 0 Å². The van der Waals surface area contributed by atoms with Gasteiger partial charge in [0.25, 0.3) is 0 Å². The van der Waals surface area contributed by atoms with Crippen LogP contribution in [0.2, 0.25) is 0 Å². The topological polar surface area (TPSA) is 66.4 Å². The number of nitrogens with one attached hydrogen (secondary N) is 1. The Kier molecular flexibility index (Phi) is 3.33. The quantitative estimate of drug-likeness (QED) is 0.789. The van der Waals surface area contributed by atoms with Crippen molar-refractivity contribution in [3.8, 4) is 0 Å². The summed E-state index contributed by atoms with van der Waals surface area (Å²) in [6, 6.07) is 6.35. The third-order valence-electron chi connectivity index (χ3n) is 2.70. The van der Waals surface area contributed by atoms with Crippen LogP contribution in [-0.4, -0.2) is 25.7 Å². The zero-order chi connectivity index (χ0) is 12.5. The smallest absolute Gasteiger partial charge is 0.241 e. The maximum absolute atomic E-state index is 12.0. The summed E-state index contributed by atoms with van der Waals surface area (Å²) in [4.78, 5) is 0.248. The molecule has 2 N–H and O–H groups in total. The fourth-order valence-corrected chi connectivity index (χ4v) is 2.96. The Labute approximate surface area is 101 Å². The van der Waals surface area contributed by atoms with E-state index in [0.29, 0.717) is 6.42 Å². The third kappa shape index (κ3) is 2.94. The molecule has 0 amide bonds. The number of sulfonamides is 1. The van der Waals surface area contributed by atoms with Crippen molar-refractivity contribution < 1.29 is 13.5 Å². The SMILES string of the molecule is Cc1ccc(S(=O)(=O)N[C@@H]2C=C[C@@H](O)C2)cc1. The molecule has 17 heavy (non-hydrogen) atoms. The number of hydrogen-bond acceptors (Lipinski definition) is 3. The minimum absolute atomic E-state index is 0.248. The highest BCUT2D eigenvalue weighted by atomic mass is 32.2. The zero-order valence-electron chi connectivity index (χ0n) is 9.50. The average Bonchev–Trinajstić information content (AvgIpc) is 2.63. The number of aliphatic hydroxyl groups excluding tert-OH is 1. The summed E-state index contributed by atoms with van der Waals surface area (Å²) in [6.07, 6.45) is 3.12. The first kappa shape index (κ1) is 12.3. The second-order valence-electron chi connectivity index (χ2n) is 4.23. The van der Waals surface area contributed by atoms with E-state index < -0.39 is 16.1 Å². The highest BCUT2D eigenvalue weighted by Crippen LogP contribution is 2.15. The van der Waals surface area contributed by atoms with Gasteiger partial charge in [0.05, 0.1) is 11.0 Å². The molecule has 1 aliphatic rings. The van der Waals surface area contributed by atoms with E-state index in [-0.39, 0.29) is 10.9 Å². The van der Waals surface area contributed by atoms with Crippen molar-refractivity contribution in [2.45, 2.75) is 30.4 Å².